The highest BCUT2D eigenvalue weighted by Crippen LogP contribution is 2.43. The van der Waals surface area contributed by atoms with Crippen LogP contribution >= 0.6 is 0 Å². The molecule has 0 unspecified atom stereocenters. The Balaban J connectivity index is 2.17. The number of rotatable bonds is 16. The molecule has 48 heavy (non-hydrogen) atoms. The number of nitrogens with zero attached hydrogens (tertiary/aromatic N) is 1. The summed E-state index contributed by atoms with van der Waals surface area (Å²) in [7, 11) is -4.13. The van der Waals surface area contributed by atoms with E-state index in [-0.39, 0.29) is 36.2 Å². The summed E-state index contributed by atoms with van der Waals surface area (Å²) >= 11 is 0. The van der Waals surface area contributed by atoms with Crippen LogP contribution in [0.25, 0.3) is 0 Å². The number of hydrogen-bond acceptors (Lipinski definition) is 9. The number of benzene rings is 1. The van der Waals surface area contributed by atoms with Gasteiger partial charge in [0, 0.05) is 25.5 Å². The highest BCUT2D eigenvalue weighted by atomic mass is 32.2. The zero-order valence-electron chi connectivity index (χ0n) is 28.8. The minimum Gasteiger partial charge on any atom is -0.487 e. The third kappa shape index (κ3) is 11.4. The van der Waals surface area contributed by atoms with Crippen molar-refractivity contribution in [3.05, 3.63) is 22.3 Å². The van der Waals surface area contributed by atoms with E-state index in [9.17, 15) is 32.4 Å². The van der Waals surface area contributed by atoms with Crippen LogP contribution in [-0.4, -0.2) is 86.4 Å². The van der Waals surface area contributed by atoms with Crippen LogP contribution in [0.3, 0.4) is 0 Å². The van der Waals surface area contributed by atoms with E-state index in [1.54, 1.807) is 20.8 Å². The Hall–Kier alpha value is -4.41. The predicted molar refractivity (Wildman–Crippen MR) is 178 cm³/mol. The molecule has 0 spiro atoms. The molecule has 8 N–H and O–H groups in total. The predicted octanol–water partition coefficient (Wildman–Crippen LogP) is 0.0512. The molecule has 16 nitrogen and oxygen atoms in total. The molecule has 1 heterocycles. The molecule has 0 radical (unpaired) electrons. The van der Waals surface area contributed by atoms with Crippen molar-refractivity contribution in [3.63, 3.8) is 0 Å². The van der Waals surface area contributed by atoms with Gasteiger partial charge in [-0.3, -0.25) is 29.0 Å². The molecular weight excluding hydrogens is 646 g/mol. The molecule has 17 heteroatoms. The van der Waals surface area contributed by atoms with Gasteiger partial charge < -0.3 is 36.8 Å². The summed E-state index contributed by atoms with van der Waals surface area (Å²) in [5, 5.41) is 18.4. The van der Waals surface area contributed by atoms with Crippen LogP contribution in [-0.2, 0) is 40.4 Å². The third-order valence-corrected chi connectivity index (χ3v) is 9.25. The molecule has 4 amide bonds. The fourth-order valence-electron chi connectivity index (χ4n) is 5.38. The third-order valence-electron chi connectivity index (χ3n) is 7.63. The van der Waals surface area contributed by atoms with Gasteiger partial charge in [0.2, 0.25) is 29.6 Å². The maximum atomic E-state index is 13.5. The number of ether oxygens (including phenoxy) is 1. The van der Waals surface area contributed by atoms with E-state index in [2.05, 4.69) is 31.0 Å². The normalized spacial score (nSPS) is 15.1. The van der Waals surface area contributed by atoms with Crippen molar-refractivity contribution >= 4 is 45.6 Å². The summed E-state index contributed by atoms with van der Waals surface area (Å²) in [6.07, 6.45) is 1.00. The Morgan fingerprint density at radius 2 is 1.60 bits per heavy atom. The summed E-state index contributed by atoms with van der Waals surface area (Å²) in [6, 6.07) is -2.10. The molecule has 1 aliphatic rings. The van der Waals surface area contributed by atoms with Gasteiger partial charge in [-0.05, 0) is 76.5 Å². The summed E-state index contributed by atoms with van der Waals surface area (Å²) in [5.74, 6) is -3.44. The van der Waals surface area contributed by atoms with Crippen LogP contribution < -0.4 is 36.5 Å². The fourth-order valence-corrected chi connectivity index (χ4v) is 6.90. The van der Waals surface area contributed by atoms with Crippen molar-refractivity contribution in [2.24, 2.45) is 16.6 Å². The summed E-state index contributed by atoms with van der Waals surface area (Å²) in [4.78, 5) is 64.6. The summed E-state index contributed by atoms with van der Waals surface area (Å²) in [5.41, 5.74) is 8.13. The number of guanidine groups is 1. The quantitative estimate of drug-likeness (QED) is 0.0696. The van der Waals surface area contributed by atoms with Crippen LogP contribution in [0.15, 0.2) is 9.89 Å². The SMILES string of the molecule is CC(=O)N[C@@H](CC(C)C)C(=O)N[C@@H](CCCN=C(N)NS(=O)(=O)c1c(C)c(C)c2c(c1C)CC(C)(C)O2)C(=O)NCC(=O)NCC(=O)O. The topological polar surface area (TPSA) is 247 Å². The number of aliphatic imine (C=N–C) groups is 1. The largest absolute Gasteiger partial charge is 0.487 e. The molecule has 0 aromatic heterocycles. The zero-order chi connectivity index (χ0) is 36.6. The monoisotopic (exact) mass is 695 g/mol. The molecule has 1 aromatic carbocycles. The van der Waals surface area contributed by atoms with E-state index in [0.717, 1.165) is 11.1 Å². The number of carbonyl (C=O) groups is 5. The van der Waals surface area contributed by atoms with E-state index in [4.69, 9.17) is 15.6 Å². The Bertz CT molecular complexity index is 1560. The first-order valence-electron chi connectivity index (χ1n) is 15.6. The molecule has 1 aliphatic heterocycles. The van der Waals surface area contributed by atoms with E-state index in [1.165, 1.54) is 6.92 Å². The molecule has 0 saturated heterocycles. The molecular formula is C31H49N7O9S. The number of carbonyl (C=O) groups excluding carboxylic acids is 4. The number of carboxylic acids is 1. The lowest BCUT2D eigenvalue weighted by Gasteiger charge is -2.23. The van der Waals surface area contributed by atoms with Gasteiger partial charge in [0.15, 0.2) is 0 Å². The smallest absolute Gasteiger partial charge is 0.322 e. The second-order valence-corrected chi connectivity index (χ2v) is 14.5. The Morgan fingerprint density at radius 1 is 0.958 bits per heavy atom. The molecule has 2 rings (SSSR count). The Morgan fingerprint density at radius 3 is 2.19 bits per heavy atom. The van der Waals surface area contributed by atoms with Crippen molar-refractivity contribution in [1.82, 2.24) is 26.0 Å². The minimum absolute atomic E-state index is 0.00430. The average Bonchev–Trinajstić information content (AvgIpc) is 3.29. The molecule has 0 saturated carbocycles. The number of nitrogens with one attached hydrogen (secondary N) is 5. The van der Waals surface area contributed by atoms with Crippen molar-refractivity contribution in [3.8, 4) is 5.75 Å². The number of nitrogens with two attached hydrogens (primary N) is 1. The van der Waals surface area contributed by atoms with Crippen LogP contribution in [0, 0.1) is 26.7 Å². The van der Waals surface area contributed by atoms with Gasteiger partial charge >= 0.3 is 5.97 Å². The highest BCUT2D eigenvalue weighted by molar-refractivity contribution is 7.90. The average molecular weight is 696 g/mol. The van der Waals surface area contributed by atoms with Crippen molar-refractivity contribution in [2.45, 2.75) is 104 Å². The lowest BCUT2D eigenvalue weighted by Crippen LogP contribution is -2.54. The van der Waals surface area contributed by atoms with Crippen molar-refractivity contribution in [2.75, 3.05) is 19.6 Å². The number of carboxylic acid groups (broad SMARTS) is 1. The van der Waals surface area contributed by atoms with Crippen LogP contribution in [0.1, 0.15) is 76.1 Å². The van der Waals surface area contributed by atoms with E-state index in [1.807, 2.05) is 27.7 Å². The van der Waals surface area contributed by atoms with Gasteiger partial charge in [-0.1, -0.05) is 13.8 Å². The molecule has 2 atom stereocenters. The number of aliphatic carboxylic acids is 1. The maximum Gasteiger partial charge on any atom is 0.322 e. The number of hydrogen-bond donors (Lipinski definition) is 7. The van der Waals surface area contributed by atoms with Gasteiger partial charge in [-0.25, -0.2) is 13.1 Å². The molecule has 0 aliphatic carbocycles. The first-order valence-corrected chi connectivity index (χ1v) is 17.1. The molecule has 0 fully saturated rings. The minimum atomic E-state index is -4.13. The maximum absolute atomic E-state index is 13.5. The Labute approximate surface area is 281 Å². The number of amides is 4. The van der Waals surface area contributed by atoms with Gasteiger partial charge in [-0.2, -0.15) is 0 Å². The first kappa shape index (κ1) is 39.8. The molecule has 268 valence electrons. The van der Waals surface area contributed by atoms with Crippen molar-refractivity contribution in [1.29, 1.82) is 0 Å². The zero-order valence-corrected chi connectivity index (χ0v) is 29.6. The van der Waals surface area contributed by atoms with Crippen LogP contribution in [0.2, 0.25) is 0 Å². The number of fused-ring (bicyclic) bond motifs is 1. The fraction of sp³-hybridized carbons (Fsp3) is 0.613. The van der Waals surface area contributed by atoms with Gasteiger partial charge in [0.25, 0.3) is 10.0 Å². The van der Waals surface area contributed by atoms with Crippen LogP contribution in [0.4, 0.5) is 0 Å². The van der Waals surface area contributed by atoms with E-state index >= 15 is 0 Å². The number of sulfonamides is 1. The molecule has 0 bridgehead atoms. The van der Waals surface area contributed by atoms with Gasteiger partial charge in [-0.15, -0.1) is 0 Å². The second-order valence-electron chi connectivity index (χ2n) is 12.9. The summed E-state index contributed by atoms with van der Waals surface area (Å²) < 4.78 is 35.3. The lowest BCUT2D eigenvalue weighted by atomic mass is 9.94. The second kappa shape index (κ2) is 16.6. The Kier molecular flexibility index (Phi) is 13.8. The van der Waals surface area contributed by atoms with Crippen molar-refractivity contribution < 1.29 is 42.2 Å². The van der Waals surface area contributed by atoms with E-state index < -0.39 is 70.4 Å². The van der Waals surface area contributed by atoms with Gasteiger partial charge in [0.1, 0.15) is 30.0 Å². The first-order chi connectivity index (χ1) is 22.1. The standard InChI is InChI=1S/C31H49N7O9S/c1-16(2)12-23(36-20(6)39)29(44)37-22(28(43)35-14-24(40)34-15-25(41)42)10-9-11-33-30(32)38-48(45,46)27-18(4)17(3)26-21(19(27)5)13-31(7,8)47-26/h16,22-23H,9-15H2,1-8H3,(H,34,40)(H,35,43)(H,36,39)(H,37,44)(H,41,42)(H3,32,33,38)/t22-,23-/m0/s1. The molecule has 1 aromatic rings. The lowest BCUT2D eigenvalue weighted by molar-refractivity contribution is -0.138. The highest BCUT2D eigenvalue weighted by Gasteiger charge is 2.37. The van der Waals surface area contributed by atoms with Gasteiger partial charge in [0.05, 0.1) is 11.4 Å². The van der Waals surface area contributed by atoms with E-state index in [0.29, 0.717) is 29.7 Å². The summed E-state index contributed by atoms with van der Waals surface area (Å²) in [6.45, 7) is 12.9. The van der Waals surface area contributed by atoms with Crippen LogP contribution in [0.5, 0.6) is 5.75 Å².